The lowest BCUT2D eigenvalue weighted by atomic mass is 9.67. The molecule has 3 nitrogen and oxygen atoms in total. The summed E-state index contributed by atoms with van der Waals surface area (Å²) in [6.45, 7) is 0. The Morgan fingerprint density at radius 3 is 2.80 bits per heavy atom. The second-order valence-electron chi connectivity index (χ2n) is 4.43. The van der Waals surface area contributed by atoms with Gasteiger partial charge in [0, 0.05) is 23.6 Å². The molecule has 3 rings (SSSR count). The lowest BCUT2D eigenvalue weighted by molar-refractivity contribution is -0.126. The molecule has 0 atom stereocenters. The van der Waals surface area contributed by atoms with Crippen LogP contribution in [0.15, 0.2) is 5.51 Å². The molecule has 0 bridgehead atoms. The Hall–Kier alpha value is -1.21. The van der Waals surface area contributed by atoms with E-state index in [0.717, 1.165) is 10.6 Å². The van der Waals surface area contributed by atoms with Gasteiger partial charge in [-0.3, -0.25) is 4.79 Å². The van der Waals surface area contributed by atoms with E-state index in [0.29, 0.717) is 18.8 Å². The molecule has 1 aromatic rings. The Morgan fingerprint density at radius 2 is 2.27 bits per heavy atom. The molecule has 2 aliphatic rings. The van der Waals surface area contributed by atoms with Crippen molar-refractivity contribution in [2.45, 2.75) is 37.0 Å². The molecule has 0 saturated heterocycles. The summed E-state index contributed by atoms with van der Waals surface area (Å²) < 4.78 is 0. The lowest BCUT2D eigenvalue weighted by Crippen LogP contribution is -2.40. The van der Waals surface area contributed by atoms with Gasteiger partial charge in [0.05, 0.1) is 17.3 Å². The number of Topliss-reactive ketones (excluding diaryl/α,β-unsaturated/α-hetero) is 1. The molecule has 15 heavy (non-hydrogen) atoms. The predicted octanol–water partition coefficient (Wildman–Crippen LogP) is 2.14. The van der Waals surface area contributed by atoms with E-state index in [1.165, 1.54) is 12.8 Å². The number of rotatable bonds is 2. The van der Waals surface area contributed by atoms with E-state index in [9.17, 15) is 10.1 Å². The number of thiazole rings is 1. The van der Waals surface area contributed by atoms with Crippen LogP contribution >= 0.6 is 11.3 Å². The first-order valence-electron chi connectivity index (χ1n) is 5.12. The van der Waals surface area contributed by atoms with Gasteiger partial charge in [0.15, 0.2) is 0 Å². The van der Waals surface area contributed by atoms with Gasteiger partial charge in [-0.05, 0) is 12.8 Å². The highest BCUT2D eigenvalue weighted by Gasteiger charge is 2.49. The number of nitrogens with zero attached hydrogens (tertiary/aromatic N) is 2. The molecule has 1 aromatic heterocycles. The smallest absolute Gasteiger partial charge is 0.136 e. The first kappa shape index (κ1) is 9.05. The molecule has 0 spiro atoms. The minimum atomic E-state index is -0.518. The first-order chi connectivity index (χ1) is 7.25. The van der Waals surface area contributed by atoms with Crippen LogP contribution in [0.2, 0.25) is 0 Å². The van der Waals surface area contributed by atoms with Crippen molar-refractivity contribution in [3.63, 3.8) is 0 Å². The fourth-order valence-electron chi connectivity index (χ4n) is 2.17. The molecule has 0 N–H and O–H groups in total. The Balaban J connectivity index is 2.01. The van der Waals surface area contributed by atoms with Crippen LogP contribution in [-0.2, 0) is 10.2 Å². The summed E-state index contributed by atoms with van der Waals surface area (Å²) in [6, 6.07) is 2.32. The summed E-state index contributed by atoms with van der Waals surface area (Å²) in [7, 11) is 0. The van der Waals surface area contributed by atoms with Crippen molar-refractivity contribution in [1.82, 2.24) is 4.98 Å². The molecule has 2 fully saturated rings. The predicted molar refractivity (Wildman–Crippen MR) is 55.6 cm³/mol. The molecule has 4 heteroatoms. The molecule has 1 heterocycles. The summed E-state index contributed by atoms with van der Waals surface area (Å²) >= 11 is 1.54. The van der Waals surface area contributed by atoms with E-state index in [1.54, 1.807) is 11.3 Å². The van der Waals surface area contributed by atoms with Crippen molar-refractivity contribution in [2.24, 2.45) is 0 Å². The molecular weight excluding hydrogens is 208 g/mol. The van der Waals surface area contributed by atoms with Gasteiger partial charge < -0.3 is 0 Å². The van der Waals surface area contributed by atoms with Crippen LogP contribution in [0.3, 0.4) is 0 Å². The Kier molecular flexibility index (Phi) is 1.74. The SMILES string of the molecule is N#CC1(c2scnc2C2CC2)CC(=O)C1. The highest BCUT2D eigenvalue weighted by atomic mass is 32.1. The summed E-state index contributed by atoms with van der Waals surface area (Å²) in [6.07, 6.45) is 3.16. The van der Waals surface area contributed by atoms with Crippen molar-refractivity contribution in [1.29, 1.82) is 5.26 Å². The summed E-state index contributed by atoms with van der Waals surface area (Å²) in [4.78, 5) is 16.5. The summed E-state index contributed by atoms with van der Waals surface area (Å²) in [5, 5.41) is 9.23. The zero-order valence-corrected chi connectivity index (χ0v) is 9.01. The molecule has 0 unspecified atom stereocenters. The third kappa shape index (κ3) is 1.23. The molecular formula is C11H10N2OS. The minimum Gasteiger partial charge on any atom is -0.300 e. The maximum absolute atomic E-state index is 11.1. The summed E-state index contributed by atoms with van der Waals surface area (Å²) in [5.41, 5.74) is 2.38. The number of carbonyl (C=O) groups is 1. The largest absolute Gasteiger partial charge is 0.300 e. The summed E-state index contributed by atoms with van der Waals surface area (Å²) in [5.74, 6) is 0.763. The molecule has 0 aliphatic heterocycles. The van der Waals surface area contributed by atoms with Gasteiger partial charge in [0.2, 0.25) is 0 Å². The normalized spacial score (nSPS) is 23.3. The number of carbonyl (C=O) groups excluding carboxylic acids is 1. The van der Waals surface area contributed by atoms with Crippen molar-refractivity contribution in [3.05, 3.63) is 16.1 Å². The third-order valence-corrected chi connectivity index (χ3v) is 4.25. The van der Waals surface area contributed by atoms with E-state index in [2.05, 4.69) is 11.1 Å². The van der Waals surface area contributed by atoms with E-state index in [-0.39, 0.29) is 5.78 Å². The van der Waals surface area contributed by atoms with Gasteiger partial charge in [-0.15, -0.1) is 11.3 Å². The number of aromatic nitrogens is 1. The molecule has 2 aliphatic carbocycles. The molecule has 2 saturated carbocycles. The Bertz CT molecular complexity index is 459. The van der Waals surface area contributed by atoms with Crippen LogP contribution in [0.5, 0.6) is 0 Å². The lowest BCUT2D eigenvalue weighted by Gasteiger charge is -2.33. The van der Waals surface area contributed by atoms with E-state index >= 15 is 0 Å². The molecule has 0 amide bonds. The van der Waals surface area contributed by atoms with Gasteiger partial charge in [-0.1, -0.05) is 0 Å². The zero-order chi connectivity index (χ0) is 10.5. The van der Waals surface area contributed by atoms with Crippen molar-refractivity contribution < 1.29 is 4.79 Å². The standard InChI is InChI=1S/C11H10N2OS/c12-5-11(3-8(14)4-11)10-9(7-1-2-7)13-6-15-10/h6-7H,1-4H2. The highest BCUT2D eigenvalue weighted by Crippen LogP contribution is 2.50. The quantitative estimate of drug-likeness (QED) is 0.764. The van der Waals surface area contributed by atoms with Crippen molar-refractivity contribution in [3.8, 4) is 6.07 Å². The Labute approximate surface area is 91.8 Å². The topological polar surface area (TPSA) is 53.8 Å². The van der Waals surface area contributed by atoms with Gasteiger partial charge in [-0.25, -0.2) is 4.98 Å². The van der Waals surface area contributed by atoms with Crippen LogP contribution in [0.4, 0.5) is 0 Å². The van der Waals surface area contributed by atoms with Crippen LogP contribution in [0.1, 0.15) is 42.2 Å². The maximum atomic E-state index is 11.1. The average Bonchev–Trinajstić information content (AvgIpc) is 2.92. The fraction of sp³-hybridized carbons (Fsp3) is 0.545. The average molecular weight is 218 g/mol. The number of ketones is 1. The molecule has 0 aromatic carbocycles. The number of nitriles is 1. The van der Waals surface area contributed by atoms with Crippen LogP contribution in [0.25, 0.3) is 0 Å². The van der Waals surface area contributed by atoms with Gasteiger partial charge in [0.1, 0.15) is 11.2 Å². The van der Waals surface area contributed by atoms with Gasteiger partial charge >= 0.3 is 0 Å². The van der Waals surface area contributed by atoms with Crippen LogP contribution in [0, 0.1) is 11.3 Å². The van der Waals surface area contributed by atoms with Crippen molar-refractivity contribution in [2.75, 3.05) is 0 Å². The molecule has 76 valence electrons. The van der Waals surface area contributed by atoms with Gasteiger partial charge in [0.25, 0.3) is 0 Å². The first-order valence-corrected chi connectivity index (χ1v) is 6.00. The maximum Gasteiger partial charge on any atom is 0.136 e. The van der Waals surface area contributed by atoms with Crippen molar-refractivity contribution >= 4 is 17.1 Å². The van der Waals surface area contributed by atoms with Gasteiger partial charge in [-0.2, -0.15) is 5.26 Å². The monoisotopic (exact) mass is 218 g/mol. The second kappa shape index (κ2) is 2.89. The minimum absolute atomic E-state index is 0.201. The molecule has 0 radical (unpaired) electrons. The van der Waals surface area contributed by atoms with Crippen LogP contribution in [-0.4, -0.2) is 10.8 Å². The van der Waals surface area contributed by atoms with E-state index in [1.807, 2.05) is 5.51 Å². The number of hydrogen-bond acceptors (Lipinski definition) is 4. The number of hydrogen-bond donors (Lipinski definition) is 0. The van der Waals surface area contributed by atoms with E-state index < -0.39 is 5.41 Å². The Morgan fingerprint density at radius 1 is 1.53 bits per heavy atom. The third-order valence-electron chi connectivity index (χ3n) is 3.21. The van der Waals surface area contributed by atoms with Crippen LogP contribution < -0.4 is 0 Å². The second-order valence-corrected chi connectivity index (χ2v) is 5.28. The zero-order valence-electron chi connectivity index (χ0n) is 8.19. The fourth-order valence-corrected chi connectivity index (χ4v) is 3.20. The highest BCUT2D eigenvalue weighted by molar-refractivity contribution is 7.10. The van der Waals surface area contributed by atoms with E-state index in [4.69, 9.17) is 0 Å².